The lowest BCUT2D eigenvalue weighted by Crippen LogP contribution is -2.42. The fraction of sp³-hybridized carbons (Fsp3) is 0.588. The summed E-state index contributed by atoms with van der Waals surface area (Å²) in [5.41, 5.74) is -0.00927. The Bertz CT molecular complexity index is 463. The fourth-order valence-corrected chi connectivity index (χ4v) is 2.14. The van der Waals surface area contributed by atoms with E-state index in [0.717, 1.165) is 11.3 Å². The Morgan fingerprint density at radius 3 is 2.48 bits per heavy atom. The number of hydrogen-bond donors (Lipinski definition) is 1. The molecule has 0 spiro atoms. The third kappa shape index (κ3) is 6.17. The molecule has 4 nitrogen and oxygen atoms in total. The maximum absolute atomic E-state index is 12.4. The predicted molar refractivity (Wildman–Crippen MR) is 84.5 cm³/mol. The Balaban J connectivity index is 2.82. The van der Waals surface area contributed by atoms with Gasteiger partial charge in [0.15, 0.2) is 0 Å². The molecule has 21 heavy (non-hydrogen) atoms. The SMILES string of the molecule is CCN(CC(C)(C)O)C(=O)Cc1ccccc1OC(C)C. The van der Waals surface area contributed by atoms with Crippen molar-refractivity contribution in [3.8, 4) is 5.75 Å². The number of ether oxygens (including phenoxy) is 1. The largest absolute Gasteiger partial charge is 0.491 e. The summed E-state index contributed by atoms with van der Waals surface area (Å²) in [6.07, 6.45) is 0.354. The first-order valence-corrected chi connectivity index (χ1v) is 7.47. The number of aliphatic hydroxyl groups is 1. The molecule has 118 valence electrons. The van der Waals surface area contributed by atoms with Gasteiger partial charge in [0.1, 0.15) is 5.75 Å². The van der Waals surface area contributed by atoms with Crippen molar-refractivity contribution in [2.75, 3.05) is 13.1 Å². The highest BCUT2D eigenvalue weighted by atomic mass is 16.5. The number of nitrogens with zero attached hydrogens (tertiary/aromatic N) is 1. The summed E-state index contributed by atoms with van der Waals surface area (Å²) in [7, 11) is 0. The van der Waals surface area contributed by atoms with Crippen LogP contribution in [0.1, 0.15) is 40.2 Å². The molecule has 0 radical (unpaired) electrons. The van der Waals surface area contributed by atoms with Crippen LogP contribution >= 0.6 is 0 Å². The number of amides is 1. The maximum atomic E-state index is 12.4. The second-order valence-corrected chi connectivity index (χ2v) is 6.17. The van der Waals surface area contributed by atoms with Gasteiger partial charge in [-0.15, -0.1) is 0 Å². The van der Waals surface area contributed by atoms with Gasteiger partial charge < -0.3 is 14.7 Å². The molecule has 0 heterocycles. The van der Waals surface area contributed by atoms with Crippen LogP contribution in [0.2, 0.25) is 0 Å². The van der Waals surface area contributed by atoms with Gasteiger partial charge in [-0.3, -0.25) is 4.79 Å². The van der Waals surface area contributed by atoms with Gasteiger partial charge in [0, 0.05) is 18.7 Å². The molecule has 0 fully saturated rings. The molecule has 0 bridgehead atoms. The van der Waals surface area contributed by atoms with Crippen LogP contribution in [0.5, 0.6) is 5.75 Å². The number of likely N-dealkylation sites (N-methyl/N-ethyl adjacent to an activating group) is 1. The summed E-state index contributed by atoms with van der Waals surface area (Å²) < 4.78 is 5.74. The van der Waals surface area contributed by atoms with Gasteiger partial charge in [0.05, 0.1) is 18.1 Å². The van der Waals surface area contributed by atoms with Crippen LogP contribution in [0, 0.1) is 0 Å². The zero-order valence-corrected chi connectivity index (χ0v) is 13.7. The summed E-state index contributed by atoms with van der Waals surface area (Å²) in [5.74, 6) is 0.750. The van der Waals surface area contributed by atoms with Crippen molar-refractivity contribution in [2.45, 2.75) is 52.7 Å². The van der Waals surface area contributed by atoms with Crippen LogP contribution in [0.3, 0.4) is 0 Å². The summed E-state index contributed by atoms with van der Waals surface area (Å²) in [4.78, 5) is 14.1. The molecule has 1 rings (SSSR count). The first-order chi connectivity index (χ1) is 9.73. The fourth-order valence-electron chi connectivity index (χ4n) is 2.14. The molecule has 0 saturated heterocycles. The second kappa shape index (κ2) is 7.46. The highest BCUT2D eigenvalue weighted by molar-refractivity contribution is 5.79. The van der Waals surface area contributed by atoms with Crippen LogP contribution in [0.15, 0.2) is 24.3 Å². The predicted octanol–water partition coefficient (Wildman–Crippen LogP) is 2.64. The maximum Gasteiger partial charge on any atom is 0.227 e. The lowest BCUT2D eigenvalue weighted by Gasteiger charge is -2.28. The summed E-state index contributed by atoms with van der Waals surface area (Å²) in [6.45, 7) is 10.2. The lowest BCUT2D eigenvalue weighted by molar-refractivity contribution is -0.133. The quantitative estimate of drug-likeness (QED) is 0.841. The van der Waals surface area contributed by atoms with Gasteiger partial charge >= 0.3 is 0 Å². The van der Waals surface area contributed by atoms with E-state index in [-0.39, 0.29) is 18.4 Å². The van der Waals surface area contributed by atoms with E-state index in [1.54, 1.807) is 18.7 Å². The van der Waals surface area contributed by atoms with E-state index >= 15 is 0 Å². The van der Waals surface area contributed by atoms with Gasteiger partial charge in [-0.2, -0.15) is 0 Å². The average molecular weight is 293 g/mol. The molecule has 0 aliphatic rings. The Labute approximate surface area is 127 Å². The zero-order chi connectivity index (χ0) is 16.0. The number of para-hydroxylation sites is 1. The van der Waals surface area contributed by atoms with Crippen molar-refractivity contribution < 1.29 is 14.6 Å². The van der Waals surface area contributed by atoms with Crippen molar-refractivity contribution in [1.82, 2.24) is 4.90 Å². The molecular weight excluding hydrogens is 266 g/mol. The monoisotopic (exact) mass is 293 g/mol. The summed E-state index contributed by atoms with van der Waals surface area (Å²) in [5, 5.41) is 9.89. The van der Waals surface area contributed by atoms with Crippen LogP contribution < -0.4 is 4.74 Å². The van der Waals surface area contributed by atoms with Crippen molar-refractivity contribution in [3.63, 3.8) is 0 Å². The number of carbonyl (C=O) groups excluding carboxylic acids is 1. The van der Waals surface area contributed by atoms with E-state index in [4.69, 9.17) is 4.74 Å². The molecule has 0 aliphatic carbocycles. The van der Waals surface area contributed by atoms with E-state index in [9.17, 15) is 9.90 Å². The van der Waals surface area contributed by atoms with E-state index in [1.165, 1.54) is 0 Å². The van der Waals surface area contributed by atoms with Crippen molar-refractivity contribution >= 4 is 5.91 Å². The van der Waals surface area contributed by atoms with Crippen LogP contribution in [0.4, 0.5) is 0 Å². The molecular formula is C17H27NO3. The van der Waals surface area contributed by atoms with Gasteiger partial charge in [-0.1, -0.05) is 18.2 Å². The van der Waals surface area contributed by atoms with E-state index in [1.807, 2.05) is 45.0 Å². The normalized spacial score (nSPS) is 11.6. The third-order valence-electron chi connectivity index (χ3n) is 2.99. The van der Waals surface area contributed by atoms with Gasteiger partial charge in [-0.25, -0.2) is 0 Å². The Morgan fingerprint density at radius 2 is 1.95 bits per heavy atom. The molecule has 0 aromatic heterocycles. The molecule has 0 atom stereocenters. The highest BCUT2D eigenvalue weighted by Crippen LogP contribution is 2.21. The van der Waals surface area contributed by atoms with Gasteiger partial charge in [0.25, 0.3) is 0 Å². The minimum atomic E-state index is -0.889. The molecule has 1 N–H and O–H groups in total. The van der Waals surface area contributed by atoms with E-state index in [0.29, 0.717) is 13.1 Å². The molecule has 4 heteroatoms. The van der Waals surface area contributed by atoms with E-state index in [2.05, 4.69) is 0 Å². The Kier molecular flexibility index (Phi) is 6.21. The molecule has 0 unspecified atom stereocenters. The van der Waals surface area contributed by atoms with Gasteiger partial charge in [0.2, 0.25) is 5.91 Å². The van der Waals surface area contributed by atoms with Gasteiger partial charge in [-0.05, 0) is 40.7 Å². The number of benzene rings is 1. The standard InChI is InChI=1S/C17H27NO3/c1-6-18(12-17(4,5)20)16(19)11-14-9-7-8-10-15(14)21-13(2)3/h7-10,13,20H,6,11-12H2,1-5H3. The first-order valence-electron chi connectivity index (χ1n) is 7.47. The number of carbonyl (C=O) groups is 1. The summed E-state index contributed by atoms with van der Waals surface area (Å²) >= 11 is 0. The minimum absolute atomic E-state index is 0.000527. The van der Waals surface area contributed by atoms with Crippen LogP contribution in [-0.2, 0) is 11.2 Å². The Morgan fingerprint density at radius 1 is 1.33 bits per heavy atom. The van der Waals surface area contributed by atoms with Crippen molar-refractivity contribution in [2.24, 2.45) is 0 Å². The summed E-state index contributed by atoms with van der Waals surface area (Å²) in [6, 6.07) is 7.60. The third-order valence-corrected chi connectivity index (χ3v) is 2.99. The Hall–Kier alpha value is -1.55. The molecule has 1 amide bonds. The van der Waals surface area contributed by atoms with Crippen molar-refractivity contribution in [1.29, 1.82) is 0 Å². The molecule has 1 aromatic rings. The number of rotatable bonds is 7. The van der Waals surface area contributed by atoms with Crippen LogP contribution in [-0.4, -0.2) is 40.7 Å². The van der Waals surface area contributed by atoms with Crippen LogP contribution in [0.25, 0.3) is 0 Å². The molecule has 0 aliphatic heterocycles. The topological polar surface area (TPSA) is 49.8 Å². The molecule has 1 aromatic carbocycles. The van der Waals surface area contributed by atoms with E-state index < -0.39 is 5.60 Å². The number of hydrogen-bond acceptors (Lipinski definition) is 3. The minimum Gasteiger partial charge on any atom is -0.491 e. The zero-order valence-electron chi connectivity index (χ0n) is 13.7. The lowest BCUT2D eigenvalue weighted by atomic mass is 10.1. The first kappa shape index (κ1) is 17.5. The smallest absolute Gasteiger partial charge is 0.227 e. The molecule has 0 saturated carbocycles. The average Bonchev–Trinajstić information content (AvgIpc) is 2.36. The highest BCUT2D eigenvalue weighted by Gasteiger charge is 2.22. The second-order valence-electron chi connectivity index (χ2n) is 6.17. The van der Waals surface area contributed by atoms with Crippen molar-refractivity contribution in [3.05, 3.63) is 29.8 Å².